The number of carbonyl (C=O) groups is 1. The quantitative estimate of drug-likeness (QED) is 0.768. The number of anilines is 1. The number of rotatable bonds is 4. The highest BCUT2D eigenvalue weighted by Crippen LogP contribution is 2.21. The molecule has 3 aromatic heterocycles. The molecule has 3 aromatic rings. The predicted molar refractivity (Wildman–Crippen MR) is 94.8 cm³/mol. The van der Waals surface area contributed by atoms with Gasteiger partial charge in [-0.2, -0.15) is 15.3 Å². The molecule has 1 saturated heterocycles. The molecule has 9 nitrogen and oxygen atoms in total. The van der Waals surface area contributed by atoms with Crippen molar-refractivity contribution in [1.29, 1.82) is 0 Å². The SMILES string of the molecule is Cn1cc(CC2CCN(C(=O)Nc3ccc(-n4nccn4)nc3)C2)cn1. The van der Waals surface area contributed by atoms with Gasteiger partial charge in [0.25, 0.3) is 0 Å². The molecule has 134 valence electrons. The molecule has 0 aliphatic carbocycles. The Balaban J connectivity index is 1.32. The minimum atomic E-state index is -0.0922. The van der Waals surface area contributed by atoms with Crippen molar-refractivity contribution in [2.45, 2.75) is 12.8 Å². The number of hydrogen-bond donors (Lipinski definition) is 1. The average Bonchev–Trinajstić information content (AvgIpc) is 3.38. The summed E-state index contributed by atoms with van der Waals surface area (Å²) < 4.78 is 1.81. The van der Waals surface area contributed by atoms with Gasteiger partial charge in [0, 0.05) is 26.3 Å². The van der Waals surface area contributed by atoms with Crippen molar-refractivity contribution in [3.8, 4) is 5.82 Å². The van der Waals surface area contributed by atoms with E-state index in [9.17, 15) is 4.79 Å². The molecule has 4 rings (SSSR count). The van der Waals surface area contributed by atoms with Crippen molar-refractivity contribution < 1.29 is 4.79 Å². The third-order valence-electron chi connectivity index (χ3n) is 4.48. The fourth-order valence-electron chi connectivity index (χ4n) is 3.21. The summed E-state index contributed by atoms with van der Waals surface area (Å²) in [6.07, 6.45) is 10.7. The van der Waals surface area contributed by atoms with Crippen molar-refractivity contribution in [2.75, 3.05) is 18.4 Å². The Bertz CT molecular complexity index is 871. The molecule has 1 unspecified atom stereocenters. The summed E-state index contributed by atoms with van der Waals surface area (Å²) in [6.45, 7) is 1.52. The zero-order valence-corrected chi connectivity index (χ0v) is 14.5. The number of likely N-dealkylation sites (tertiary alicyclic amines) is 1. The second-order valence-electron chi connectivity index (χ2n) is 6.48. The van der Waals surface area contributed by atoms with Crippen LogP contribution in [0, 0.1) is 5.92 Å². The second kappa shape index (κ2) is 6.95. The van der Waals surface area contributed by atoms with Crippen molar-refractivity contribution >= 4 is 11.7 Å². The lowest BCUT2D eigenvalue weighted by Crippen LogP contribution is -2.33. The summed E-state index contributed by atoms with van der Waals surface area (Å²) in [6, 6.07) is 3.47. The largest absolute Gasteiger partial charge is 0.324 e. The fraction of sp³-hybridized carbons (Fsp3) is 0.353. The maximum atomic E-state index is 12.5. The molecule has 0 spiro atoms. The van der Waals surface area contributed by atoms with Crippen LogP contribution in [0.25, 0.3) is 5.82 Å². The second-order valence-corrected chi connectivity index (χ2v) is 6.48. The van der Waals surface area contributed by atoms with Gasteiger partial charge in [0.1, 0.15) is 0 Å². The maximum Gasteiger partial charge on any atom is 0.321 e. The van der Waals surface area contributed by atoms with Gasteiger partial charge < -0.3 is 10.2 Å². The lowest BCUT2D eigenvalue weighted by atomic mass is 10.0. The maximum absolute atomic E-state index is 12.5. The normalized spacial score (nSPS) is 16.8. The molecule has 0 saturated carbocycles. The van der Waals surface area contributed by atoms with E-state index in [4.69, 9.17) is 0 Å². The van der Waals surface area contributed by atoms with Crippen LogP contribution in [0.2, 0.25) is 0 Å². The molecule has 9 heteroatoms. The molecule has 1 aliphatic heterocycles. The Kier molecular flexibility index (Phi) is 4.34. The third-order valence-corrected chi connectivity index (χ3v) is 4.48. The first kappa shape index (κ1) is 16.2. The van der Waals surface area contributed by atoms with Gasteiger partial charge in [0.15, 0.2) is 5.82 Å². The van der Waals surface area contributed by atoms with Gasteiger partial charge in [-0.25, -0.2) is 9.78 Å². The van der Waals surface area contributed by atoms with Gasteiger partial charge in [-0.1, -0.05) is 0 Å². The minimum Gasteiger partial charge on any atom is -0.324 e. The van der Waals surface area contributed by atoms with Gasteiger partial charge in [-0.05, 0) is 36.5 Å². The minimum absolute atomic E-state index is 0.0922. The number of aromatic nitrogens is 6. The molecule has 4 heterocycles. The van der Waals surface area contributed by atoms with Gasteiger partial charge in [0.05, 0.1) is 30.5 Å². The fourth-order valence-corrected chi connectivity index (χ4v) is 3.21. The van der Waals surface area contributed by atoms with Crippen molar-refractivity contribution in [2.24, 2.45) is 13.0 Å². The number of aryl methyl sites for hydroxylation is 1. The molecular weight excluding hydrogens is 332 g/mol. The monoisotopic (exact) mass is 352 g/mol. The van der Waals surface area contributed by atoms with Crippen LogP contribution in [0.5, 0.6) is 0 Å². The first-order valence-electron chi connectivity index (χ1n) is 8.53. The smallest absolute Gasteiger partial charge is 0.321 e. The van der Waals surface area contributed by atoms with Crippen LogP contribution >= 0.6 is 0 Å². The Morgan fingerprint density at radius 2 is 2.08 bits per heavy atom. The number of nitrogens with zero attached hydrogens (tertiary/aromatic N) is 7. The summed E-state index contributed by atoms with van der Waals surface area (Å²) in [5.41, 5.74) is 1.87. The van der Waals surface area contributed by atoms with Gasteiger partial charge >= 0.3 is 6.03 Å². The lowest BCUT2D eigenvalue weighted by molar-refractivity contribution is 0.221. The van der Waals surface area contributed by atoms with Crippen LogP contribution in [0.4, 0.5) is 10.5 Å². The molecular formula is C17H20N8O. The molecule has 1 N–H and O–H groups in total. The van der Waals surface area contributed by atoms with E-state index >= 15 is 0 Å². The van der Waals surface area contributed by atoms with Crippen molar-refractivity contribution in [3.05, 3.63) is 48.7 Å². The van der Waals surface area contributed by atoms with E-state index in [1.54, 1.807) is 30.7 Å². The van der Waals surface area contributed by atoms with E-state index in [2.05, 4.69) is 25.6 Å². The summed E-state index contributed by atoms with van der Waals surface area (Å²) in [5, 5.41) is 15.2. The Morgan fingerprint density at radius 1 is 1.23 bits per heavy atom. The third kappa shape index (κ3) is 3.56. The van der Waals surface area contributed by atoms with Crippen LogP contribution in [0.1, 0.15) is 12.0 Å². The Morgan fingerprint density at radius 3 is 2.77 bits per heavy atom. The molecule has 26 heavy (non-hydrogen) atoms. The van der Waals surface area contributed by atoms with E-state index < -0.39 is 0 Å². The summed E-state index contributed by atoms with van der Waals surface area (Å²) in [4.78, 5) is 20.0. The number of amides is 2. The zero-order chi connectivity index (χ0) is 17.9. The van der Waals surface area contributed by atoms with E-state index in [1.807, 2.05) is 29.0 Å². The van der Waals surface area contributed by atoms with E-state index in [-0.39, 0.29) is 6.03 Å². The number of hydrogen-bond acceptors (Lipinski definition) is 5. The van der Waals surface area contributed by atoms with Crippen LogP contribution in [0.15, 0.2) is 43.1 Å². The Hall–Kier alpha value is -3.23. The van der Waals surface area contributed by atoms with Crippen molar-refractivity contribution in [3.63, 3.8) is 0 Å². The van der Waals surface area contributed by atoms with Gasteiger partial charge in [-0.15, -0.1) is 4.80 Å². The first-order chi connectivity index (χ1) is 12.7. The Labute approximate surface area is 150 Å². The van der Waals surface area contributed by atoms with Gasteiger partial charge in [-0.3, -0.25) is 4.68 Å². The van der Waals surface area contributed by atoms with Gasteiger partial charge in [0.2, 0.25) is 0 Å². The molecule has 1 fully saturated rings. The predicted octanol–water partition coefficient (Wildman–Crippen LogP) is 1.49. The van der Waals surface area contributed by atoms with Crippen LogP contribution in [0.3, 0.4) is 0 Å². The average molecular weight is 352 g/mol. The number of nitrogens with one attached hydrogen (secondary N) is 1. The summed E-state index contributed by atoms with van der Waals surface area (Å²) in [7, 11) is 1.92. The first-order valence-corrected chi connectivity index (χ1v) is 8.53. The zero-order valence-electron chi connectivity index (χ0n) is 14.5. The molecule has 1 atom stereocenters. The molecule has 2 amide bonds. The molecule has 0 aromatic carbocycles. The molecule has 0 radical (unpaired) electrons. The summed E-state index contributed by atoms with van der Waals surface area (Å²) in [5.74, 6) is 1.07. The lowest BCUT2D eigenvalue weighted by Gasteiger charge is -2.17. The highest BCUT2D eigenvalue weighted by Gasteiger charge is 2.26. The number of urea groups is 1. The van der Waals surface area contributed by atoms with Crippen LogP contribution in [-0.4, -0.2) is 53.8 Å². The van der Waals surface area contributed by atoms with E-state index in [0.717, 1.165) is 25.9 Å². The topological polar surface area (TPSA) is 93.8 Å². The number of pyridine rings is 1. The van der Waals surface area contributed by atoms with E-state index in [0.29, 0.717) is 17.4 Å². The standard InChI is InChI=1S/C17H20N8O/c1-23-11-14(9-21-23)8-13-4-7-24(12-13)17(26)22-15-2-3-16(18-10-15)25-19-5-6-20-25/h2-3,5-6,9-11,13H,4,7-8,12H2,1H3,(H,22,26). The summed E-state index contributed by atoms with van der Waals surface area (Å²) >= 11 is 0. The number of carbonyl (C=O) groups excluding carboxylic acids is 1. The highest BCUT2D eigenvalue weighted by molar-refractivity contribution is 5.89. The highest BCUT2D eigenvalue weighted by atomic mass is 16.2. The van der Waals surface area contributed by atoms with Crippen molar-refractivity contribution in [1.82, 2.24) is 34.7 Å². The van der Waals surface area contributed by atoms with E-state index in [1.165, 1.54) is 10.4 Å². The molecule has 1 aliphatic rings. The van der Waals surface area contributed by atoms with Crippen LogP contribution < -0.4 is 5.32 Å². The molecule has 0 bridgehead atoms. The van der Waals surface area contributed by atoms with Crippen LogP contribution in [-0.2, 0) is 13.5 Å².